The van der Waals surface area contributed by atoms with Gasteiger partial charge in [0.2, 0.25) is 0 Å². The van der Waals surface area contributed by atoms with Crippen LogP contribution in [0.4, 0.5) is 0 Å². The van der Waals surface area contributed by atoms with Crippen LogP contribution in [0.25, 0.3) is 11.0 Å². The molecule has 0 aliphatic rings. The van der Waals surface area contributed by atoms with Crippen LogP contribution in [-0.2, 0) is 13.0 Å². The summed E-state index contributed by atoms with van der Waals surface area (Å²) in [7, 11) is 0. The van der Waals surface area contributed by atoms with Gasteiger partial charge in [-0.15, -0.1) is 0 Å². The smallest absolute Gasteiger partial charge is 0.251 e. The molecule has 0 bridgehead atoms. The molecule has 4 aromatic rings. The van der Waals surface area contributed by atoms with Gasteiger partial charge in [0.25, 0.3) is 5.91 Å². The molecule has 35 heavy (non-hydrogen) atoms. The predicted molar refractivity (Wildman–Crippen MR) is 142 cm³/mol. The summed E-state index contributed by atoms with van der Waals surface area (Å²) >= 11 is 0. The number of hydrogen-bond acceptors (Lipinski definition) is 3. The van der Waals surface area contributed by atoms with Crippen LogP contribution in [0, 0.1) is 6.92 Å². The summed E-state index contributed by atoms with van der Waals surface area (Å²) in [6, 6.07) is 24.3. The SMILES string of the molecule is CCC(C)c1ccc(OCCn2c(CCCNC(=O)c3ccc(C)cc3)nc3ccccc32)cc1. The van der Waals surface area contributed by atoms with Crippen molar-refractivity contribution in [3.8, 4) is 5.75 Å². The maximum absolute atomic E-state index is 12.4. The average Bonchev–Trinajstić information content (AvgIpc) is 3.24. The summed E-state index contributed by atoms with van der Waals surface area (Å²) in [5.41, 5.74) is 5.29. The molecule has 1 N–H and O–H groups in total. The number of para-hydroxylation sites is 2. The lowest BCUT2D eigenvalue weighted by atomic mass is 9.99. The lowest BCUT2D eigenvalue weighted by molar-refractivity contribution is 0.0953. The van der Waals surface area contributed by atoms with Crippen molar-refractivity contribution in [2.75, 3.05) is 13.2 Å². The van der Waals surface area contributed by atoms with Crippen molar-refractivity contribution in [1.29, 1.82) is 0 Å². The summed E-state index contributed by atoms with van der Waals surface area (Å²) < 4.78 is 8.30. The third-order valence-electron chi connectivity index (χ3n) is 6.56. The summed E-state index contributed by atoms with van der Waals surface area (Å²) in [5.74, 6) is 2.44. The molecule has 0 radical (unpaired) electrons. The van der Waals surface area contributed by atoms with Gasteiger partial charge in [0.1, 0.15) is 18.2 Å². The highest BCUT2D eigenvalue weighted by atomic mass is 16.5. The maximum atomic E-state index is 12.4. The molecule has 0 saturated carbocycles. The lowest BCUT2D eigenvalue weighted by Crippen LogP contribution is -2.25. The Balaban J connectivity index is 1.34. The third-order valence-corrected chi connectivity index (χ3v) is 6.56. The van der Waals surface area contributed by atoms with E-state index >= 15 is 0 Å². The second-order valence-electron chi connectivity index (χ2n) is 9.12. The van der Waals surface area contributed by atoms with E-state index in [1.54, 1.807) is 0 Å². The molecular formula is C30H35N3O2. The van der Waals surface area contributed by atoms with Crippen LogP contribution in [0.2, 0.25) is 0 Å². The van der Waals surface area contributed by atoms with Gasteiger partial charge in [0.05, 0.1) is 17.6 Å². The molecule has 3 aromatic carbocycles. The Morgan fingerprint density at radius 2 is 1.77 bits per heavy atom. The van der Waals surface area contributed by atoms with Crippen LogP contribution >= 0.6 is 0 Å². The molecule has 5 nitrogen and oxygen atoms in total. The molecule has 5 heteroatoms. The van der Waals surface area contributed by atoms with Crippen LogP contribution in [0.5, 0.6) is 5.75 Å². The van der Waals surface area contributed by atoms with E-state index in [0.717, 1.165) is 54.0 Å². The summed E-state index contributed by atoms with van der Waals surface area (Å²) in [5, 5.41) is 3.02. The number of carbonyl (C=O) groups excluding carboxylic acids is 1. The van der Waals surface area contributed by atoms with Gasteiger partial charge in [-0.05, 0) is 67.6 Å². The molecule has 0 spiro atoms. The molecule has 1 atom stereocenters. The number of hydrogen-bond donors (Lipinski definition) is 1. The fourth-order valence-corrected chi connectivity index (χ4v) is 4.20. The molecule has 0 saturated heterocycles. The standard InChI is InChI=1S/C30H35N3O2/c1-4-23(3)24-15-17-26(18-16-24)35-21-20-33-28-9-6-5-8-27(28)32-29(33)10-7-19-31-30(34)25-13-11-22(2)12-14-25/h5-6,8-9,11-18,23H,4,7,10,19-21H2,1-3H3,(H,31,34). The second-order valence-corrected chi connectivity index (χ2v) is 9.12. The minimum Gasteiger partial charge on any atom is -0.492 e. The van der Waals surface area contributed by atoms with Gasteiger partial charge in [-0.25, -0.2) is 4.98 Å². The molecular weight excluding hydrogens is 434 g/mol. The number of aromatic nitrogens is 2. The molecule has 1 aromatic heterocycles. The topological polar surface area (TPSA) is 56.1 Å². The van der Waals surface area contributed by atoms with Gasteiger partial charge in [0, 0.05) is 18.5 Å². The Morgan fingerprint density at radius 1 is 1.03 bits per heavy atom. The number of nitrogens with zero attached hydrogens (tertiary/aromatic N) is 2. The monoisotopic (exact) mass is 469 g/mol. The molecule has 182 valence electrons. The fraction of sp³-hybridized carbons (Fsp3) is 0.333. The number of carbonyl (C=O) groups is 1. The Hall–Kier alpha value is -3.60. The van der Waals surface area contributed by atoms with E-state index in [4.69, 9.17) is 9.72 Å². The number of ether oxygens (including phenoxy) is 1. The van der Waals surface area contributed by atoms with Gasteiger partial charge in [0.15, 0.2) is 0 Å². The normalized spacial score (nSPS) is 12.0. The average molecular weight is 470 g/mol. The van der Waals surface area contributed by atoms with Gasteiger partial charge >= 0.3 is 0 Å². The highest BCUT2D eigenvalue weighted by Crippen LogP contribution is 2.22. The van der Waals surface area contributed by atoms with E-state index < -0.39 is 0 Å². The largest absolute Gasteiger partial charge is 0.492 e. The van der Waals surface area contributed by atoms with Crippen molar-refractivity contribution in [2.45, 2.75) is 52.5 Å². The molecule has 0 fully saturated rings. The first-order valence-electron chi connectivity index (χ1n) is 12.6. The lowest BCUT2D eigenvalue weighted by Gasteiger charge is -2.13. The highest BCUT2D eigenvalue weighted by molar-refractivity contribution is 5.94. The Kier molecular flexibility index (Phi) is 8.19. The zero-order valence-electron chi connectivity index (χ0n) is 21.0. The van der Waals surface area contributed by atoms with Crippen LogP contribution in [0.15, 0.2) is 72.8 Å². The number of imidazole rings is 1. The maximum Gasteiger partial charge on any atom is 0.251 e. The molecule has 1 unspecified atom stereocenters. The zero-order chi connectivity index (χ0) is 24.6. The molecule has 1 amide bonds. The first kappa shape index (κ1) is 24.5. The molecule has 1 heterocycles. The van der Waals surface area contributed by atoms with Crippen LogP contribution in [0.1, 0.15) is 59.9 Å². The number of aryl methyl sites for hydroxylation is 2. The number of nitrogens with one attached hydrogen (secondary N) is 1. The van der Waals surface area contributed by atoms with E-state index in [-0.39, 0.29) is 5.91 Å². The molecule has 4 rings (SSSR count). The minimum atomic E-state index is -0.0359. The Bertz CT molecular complexity index is 1240. The number of fused-ring (bicyclic) bond motifs is 1. The van der Waals surface area contributed by atoms with Crippen LogP contribution in [0.3, 0.4) is 0 Å². The van der Waals surface area contributed by atoms with Crippen molar-refractivity contribution in [1.82, 2.24) is 14.9 Å². The van der Waals surface area contributed by atoms with E-state index in [9.17, 15) is 4.79 Å². The number of amides is 1. The van der Waals surface area contributed by atoms with Crippen molar-refractivity contribution in [2.24, 2.45) is 0 Å². The van der Waals surface area contributed by atoms with E-state index in [1.165, 1.54) is 5.56 Å². The van der Waals surface area contributed by atoms with Gasteiger partial charge in [-0.2, -0.15) is 0 Å². The quantitative estimate of drug-likeness (QED) is 0.262. The fourth-order valence-electron chi connectivity index (χ4n) is 4.20. The predicted octanol–water partition coefficient (Wildman–Crippen LogP) is 6.30. The number of rotatable bonds is 11. The van der Waals surface area contributed by atoms with E-state index in [2.05, 4.69) is 54.1 Å². The highest BCUT2D eigenvalue weighted by Gasteiger charge is 2.11. The van der Waals surface area contributed by atoms with Crippen molar-refractivity contribution in [3.05, 3.63) is 95.3 Å². The first-order chi connectivity index (χ1) is 17.0. The molecule has 0 aliphatic carbocycles. The molecule has 0 aliphatic heterocycles. The van der Waals surface area contributed by atoms with Crippen molar-refractivity contribution in [3.63, 3.8) is 0 Å². The summed E-state index contributed by atoms with van der Waals surface area (Å²) in [6.07, 6.45) is 2.73. The van der Waals surface area contributed by atoms with E-state index in [1.807, 2.05) is 49.4 Å². The first-order valence-corrected chi connectivity index (χ1v) is 12.6. The van der Waals surface area contributed by atoms with Gasteiger partial charge in [-0.1, -0.05) is 55.8 Å². The minimum absolute atomic E-state index is 0.0359. The van der Waals surface area contributed by atoms with Gasteiger partial charge in [-0.3, -0.25) is 4.79 Å². The Morgan fingerprint density at radius 3 is 2.51 bits per heavy atom. The van der Waals surface area contributed by atoms with E-state index in [0.29, 0.717) is 24.6 Å². The van der Waals surface area contributed by atoms with Gasteiger partial charge < -0.3 is 14.6 Å². The summed E-state index contributed by atoms with van der Waals surface area (Å²) in [4.78, 5) is 17.2. The Labute approximate surface area is 208 Å². The zero-order valence-corrected chi connectivity index (χ0v) is 21.0. The summed E-state index contributed by atoms with van der Waals surface area (Å²) in [6.45, 7) is 8.37. The number of benzene rings is 3. The second kappa shape index (κ2) is 11.7. The van der Waals surface area contributed by atoms with Crippen LogP contribution in [-0.4, -0.2) is 28.6 Å². The van der Waals surface area contributed by atoms with Crippen molar-refractivity contribution < 1.29 is 9.53 Å². The van der Waals surface area contributed by atoms with Crippen molar-refractivity contribution >= 4 is 16.9 Å². The van der Waals surface area contributed by atoms with Crippen LogP contribution < -0.4 is 10.1 Å². The third kappa shape index (κ3) is 6.30.